The standard InChI is InChI=1S/C7H16N2O2.C2H6/c1-2-3-4-5-9-7(10)6-11-8;1-2/h2-6,8H2,1H3,(H,9,10);1-2H3. The van der Waals surface area contributed by atoms with Crippen LogP contribution in [0.25, 0.3) is 0 Å². The van der Waals surface area contributed by atoms with Gasteiger partial charge in [-0.25, -0.2) is 5.90 Å². The van der Waals surface area contributed by atoms with E-state index in [1.165, 1.54) is 0 Å². The van der Waals surface area contributed by atoms with E-state index >= 15 is 0 Å². The quantitative estimate of drug-likeness (QED) is 0.489. The molecule has 3 N–H and O–H groups in total. The van der Waals surface area contributed by atoms with E-state index in [9.17, 15) is 4.79 Å². The number of amides is 1. The van der Waals surface area contributed by atoms with Crippen molar-refractivity contribution in [1.82, 2.24) is 5.32 Å². The first-order chi connectivity index (χ1) is 6.31. The topological polar surface area (TPSA) is 64.3 Å². The third-order valence-electron chi connectivity index (χ3n) is 1.32. The third-order valence-corrected chi connectivity index (χ3v) is 1.32. The lowest BCUT2D eigenvalue weighted by atomic mass is 10.2. The lowest BCUT2D eigenvalue weighted by Gasteiger charge is -2.01. The van der Waals surface area contributed by atoms with E-state index in [1.807, 2.05) is 13.8 Å². The molecule has 0 unspecified atom stereocenters. The van der Waals surface area contributed by atoms with Gasteiger partial charge < -0.3 is 5.32 Å². The summed E-state index contributed by atoms with van der Waals surface area (Å²) in [7, 11) is 0. The zero-order valence-electron chi connectivity index (χ0n) is 8.93. The summed E-state index contributed by atoms with van der Waals surface area (Å²) >= 11 is 0. The monoisotopic (exact) mass is 190 g/mol. The van der Waals surface area contributed by atoms with Crippen molar-refractivity contribution in [2.45, 2.75) is 40.0 Å². The van der Waals surface area contributed by atoms with Gasteiger partial charge >= 0.3 is 0 Å². The van der Waals surface area contributed by atoms with Crippen LogP contribution in [0.4, 0.5) is 0 Å². The molecule has 0 fully saturated rings. The SMILES string of the molecule is CC.CCCCCNC(=O)CON. The molecule has 0 spiro atoms. The molecule has 13 heavy (non-hydrogen) atoms. The highest BCUT2D eigenvalue weighted by molar-refractivity contribution is 5.77. The van der Waals surface area contributed by atoms with E-state index in [1.54, 1.807) is 0 Å². The van der Waals surface area contributed by atoms with Gasteiger partial charge in [-0.15, -0.1) is 0 Å². The summed E-state index contributed by atoms with van der Waals surface area (Å²) in [6.45, 7) is 6.78. The highest BCUT2D eigenvalue weighted by Gasteiger charge is 1.97. The summed E-state index contributed by atoms with van der Waals surface area (Å²) in [6.07, 6.45) is 3.32. The summed E-state index contributed by atoms with van der Waals surface area (Å²) in [6, 6.07) is 0. The number of unbranched alkanes of at least 4 members (excludes halogenated alkanes) is 2. The van der Waals surface area contributed by atoms with Gasteiger partial charge in [0.2, 0.25) is 5.91 Å². The molecular weight excluding hydrogens is 168 g/mol. The first-order valence-corrected chi connectivity index (χ1v) is 4.89. The Labute approximate surface area is 80.8 Å². The lowest BCUT2D eigenvalue weighted by molar-refractivity contribution is -0.125. The molecule has 0 aromatic rings. The molecule has 0 heterocycles. The Hall–Kier alpha value is -0.610. The van der Waals surface area contributed by atoms with Crippen molar-refractivity contribution in [3.05, 3.63) is 0 Å². The molecule has 0 atom stereocenters. The first kappa shape index (κ1) is 14.9. The van der Waals surface area contributed by atoms with Crippen LogP contribution in [0.5, 0.6) is 0 Å². The Kier molecular flexibility index (Phi) is 16.0. The molecule has 0 radical (unpaired) electrons. The molecule has 0 bridgehead atoms. The van der Waals surface area contributed by atoms with Crippen molar-refractivity contribution >= 4 is 5.91 Å². The lowest BCUT2D eigenvalue weighted by Crippen LogP contribution is -2.29. The first-order valence-electron chi connectivity index (χ1n) is 4.89. The highest BCUT2D eigenvalue weighted by atomic mass is 16.6. The smallest absolute Gasteiger partial charge is 0.248 e. The Morgan fingerprint density at radius 2 is 2.00 bits per heavy atom. The van der Waals surface area contributed by atoms with Crippen molar-refractivity contribution in [3.63, 3.8) is 0 Å². The average molecular weight is 190 g/mol. The van der Waals surface area contributed by atoms with Gasteiger partial charge in [0.25, 0.3) is 0 Å². The van der Waals surface area contributed by atoms with Gasteiger partial charge in [-0.3, -0.25) is 9.63 Å². The van der Waals surface area contributed by atoms with E-state index in [0.717, 1.165) is 25.8 Å². The fourth-order valence-corrected chi connectivity index (χ4v) is 0.730. The summed E-state index contributed by atoms with van der Waals surface area (Å²) in [5.41, 5.74) is 0. The highest BCUT2D eigenvalue weighted by Crippen LogP contribution is 1.90. The molecule has 0 saturated carbocycles. The van der Waals surface area contributed by atoms with E-state index in [4.69, 9.17) is 5.90 Å². The van der Waals surface area contributed by atoms with Crippen LogP contribution in [0.15, 0.2) is 0 Å². The third kappa shape index (κ3) is 14.3. The Morgan fingerprint density at radius 3 is 2.46 bits per heavy atom. The van der Waals surface area contributed by atoms with Crippen molar-refractivity contribution in [2.24, 2.45) is 5.90 Å². The Morgan fingerprint density at radius 1 is 1.38 bits per heavy atom. The summed E-state index contributed by atoms with van der Waals surface area (Å²) in [5.74, 6) is 4.55. The molecule has 0 saturated heterocycles. The number of hydrogen-bond donors (Lipinski definition) is 2. The zero-order chi connectivity index (χ0) is 10.5. The van der Waals surface area contributed by atoms with Crippen LogP contribution >= 0.6 is 0 Å². The molecule has 1 amide bonds. The molecular formula is C9H22N2O2. The molecule has 0 aliphatic rings. The number of nitrogens with two attached hydrogens (primary N) is 1. The van der Waals surface area contributed by atoms with Crippen LogP contribution in [0.3, 0.4) is 0 Å². The predicted molar refractivity (Wildman–Crippen MR) is 54.0 cm³/mol. The van der Waals surface area contributed by atoms with E-state index in [0.29, 0.717) is 0 Å². The minimum absolute atomic E-state index is 0.0495. The van der Waals surface area contributed by atoms with Gasteiger partial charge in [-0.05, 0) is 6.42 Å². The molecule has 0 aromatic heterocycles. The van der Waals surface area contributed by atoms with Gasteiger partial charge in [0.05, 0.1) is 0 Å². The molecule has 80 valence electrons. The van der Waals surface area contributed by atoms with Crippen LogP contribution in [0, 0.1) is 0 Å². The summed E-state index contributed by atoms with van der Waals surface area (Å²) in [4.78, 5) is 14.8. The number of carbonyl (C=O) groups excluding carboxylic acids is 1. The van der Waals surface area contributed by atoms with E-state index in [-0.39, 0.29) is 12.5 Å². The number of rotatable bonds is 6. The predicted octanol–water partition coefficient (Wildman–Crippen LogP) is 1.21. The zero-order valence-corrected chi connectivity index (χ0v) is 8.93. The van der Waals surface area contributed by atoms with E-state index < -0.39 is 0 Å². The molecule has 4 nitrogen and oxygen atoms in total. The Balaban J connectivity index is 0. The van der Waals surface area contributed by atoms with Gasteiger partial charge in [0.15, 0.2) is 0 Å². The molecule has 4 heteroatoms. The van der Waals surface area contributed by atoms with Crippen molar-refractivity contribution in [3.8, 4) is 0 Å². The van der Waals surface area contributed by atoms with Crippen LogP contribution < -0.4 is 11.2 Å². The van der Waals surface area contributed by atoms with Gasteiger partial charge in [0, 0.05) is 6.54 Å². The van der Waals surface area contributed by atoms with Gasteiger partial charge in [0.1, 0.15) is 6.61 Å². The van der Waals surface area contributed by atoms with Crippen LogP contribution in [-0.2, 0) is 9.63 Å². The molecule has 0 aliphatic carbocycles. The number of nitrogens with one attached hydrogen (secondary N) is 1. The maximum absolute atomic E-state index is 10.7. The fourth-order valence-electron chi connectivity index (χ4n) is 0.730. The Bertz CT molecular complexity index is 108. The fraction of sp³-hybridized carbons (Fsp3) is 0.889. The largest absolute Gasteiger partial charge is 0.354 e. The maximum Gasteiger partial charge on any atom is 0.248 e. The van der Waals surface area contributed by atoms with Crippen LogP contribution in [-0.4, -0.2) is 19.1 Å². The molecule has 0 rings (SSSR count). The second kappa shape index (κ2) is 13.9. The second-order valence-electron chi connectivity index (χ2n) is 2.37. The van der Waals surface area contributed by atoms with E-state index in [2.05, 4.69) is 17.1 Å². The minimum atomic E-state index is -0.149. The minimum Gasteiger partial charge on any atom is -0.354 e. The van der Waals surface area contributed by atoms with Crippen molar-refractivity contribution in [1.29, 1.82) is 0 Å². The van der Waals surface area contributed by atoms with Crippen molar-refractivity contribution < 1.29 is 9.63 Å². The van der Waals surface area contributed by atoms with Gasteiger partial charge in [-0.2, -0.15) is 0 Å². The van der Waals surface area contributed by atoms with Gasteiger partial charge in [-0.1, -0.05) is 33.6 Å². The van der Waals surface area contributed by atoms with Crippen LogP contribution in [0.2, 0.25) is 0 Å². The molecule has 0 aromatic carbocycles. The maximum atomic E-state index is 10.7. The molecule has 0 aliphatic heterocycles. The van der Waals surface area contributed by atoms with Crippen LogP contribution in [0.1, 0.15) is 40.0 Å². The number of hydrogen-bond acceptors (Lipinski definition) is 3. The number of carbonyl (C=O) groups is 1. The van der Waals surface area contributed by atoms with Crippen molar-refractivity contribution in [2.75, 3.05) is 13.2 Å². The second-order valence-corrected chi connectivity index (χ2v) is 2.37. The normalized spacial score (nSPS) is 8.62. The average Bonchev–Trinajstić information content (AvgIpc) is 2.16. The summed E-state index contributed by atoms with van der Waals surface area (Å²) in [5, 5.41) is 2.67. The summed E-state index contributed by atoms with van der Waals surface area (Å²) < 4.78 is 0.